The molecule has 0 bridgehead atoms. The maximum Gasteiger partial charge on any atom is 0.338 e. The Bertz CT molecular complexity index is 526. The molecule has 0 saturated carbocycles. The largest absolute Gasteiger partial charge is 0.478 e. The lowest BCUT2D eigenvalue weighted by Gasteiger charge is -2.20. The number of nitrogens with one attached hydrogen (secondary N) is 1. The van der Waals surface area contributed by atoms with Crippen molar-refractivity contribution in [1.29, 1.82) is 0 Å². The molecule has 1 aliphatic rings. The van der Waals surface area contributed by atoms with Crippen LogP contribution in [0.2, 0.25) is 0 Å². The van der Waals surface area contributed by atoms with Crippen LogP contribution in [-0.4, -0.2) is 35.7 Å². The summed E-state index contributed by atoms with van der Waals surface area (Å²) in [6.45, 7) is 0.505. The predicted molar refractivity (Wildman–Crippen MR) is 64.3 cm³/mol. The van der Waals surface area contributed by atoms with Crippen molar-refractivity contribution in [2.45, 2.75) is 12.0 Å². The topological polar surface area (TPSA) is 102 Å². The molecule has 1 fully saturated rings. The first kappa shape index (κ1) is 13.4. The summed E-state index contributed by atoms with van der Waals surface area (Å²) in [5.74, 6) is -2.76. The standard InChI is InChI=1S/C12H13FN2O4/c13-9-5-7(1-2-8(9)10(16)17)15-11(18)12(14)3-4-19-6-12/h1-2,5H,3-4,6,14H2,(H,15,18)(H,16,17). The molecule has 0 spiro atoms. The van der Waals surface area contributed by atoms with Crippen molar-refractivity contribution in [3.05, 3.63) is 29.6 Å². The third kappa shape index (κ3) is 2.72. The summed E-state index contributed by atoms with van der Waals surface area (Å²) in [5, 5.41) is 11.1. The molecule has 1 heterocycles. The van der Waals surface area contributed by atoms with E-state index >= 15 is 0 Å². The number of carboxylic acid groups (broad SMARTS) is 1. The van der Waals surface area contributed by atoms with Gasteiger partial charge in [-0.05, 0) is 24.6 Å². The van der Waals surface area contributed by atoms with E-state index < -0.39 is 28.8 Å². The fourth-order valence-electron chi connectivity index (χ4n) is 1.78. The van der Waals surface area contributed by atoms with Gasteiger partial charge in [0.2, 0.25) is 5.91 Å². The Kier molecular flexibility index (Phi) is 3.50. The first-order chi connectivity index (χ1) is 8.92. The molecule has 1 amide bonds. The number of ether oxygens (including phenoxy) is 1. The minimum absolute atomic E-state index is 0.106. The normalized spacial score (nSPS) is 22.2. The number of halogens is 1. The Hall–Kier alpha value is -1.99. The summed E-state index contributed by atoms with van der Waals surface area (Å²) in [6, 6.07) is 3.34. The van der Waals surface area contributed by atoms with Crippen LogP contribution in [0.3, 0.4) is 0 Å². The molecule has 0 aromatic heterocycles. The molecule has 1 saturated heterocycles. The van der Waals surface area contributed by atoms with Crippen molar-refractivity contribution in [3.8, 4) is 0 Å². The van der Waals surface area contributed by atoms with Crippen LogP contribution in [-0.2, 0) is 9.53 Å². The van der Waals surface area contributed by atoms with Crippen molar-refractivity contribution in [1.82, 2.24) is 0 Å². The molecule has 1 aromatic carbocycles. The van der Waals surface area contributed by atoms with E-state index in [1.165, 1.54) is 6.07 Å². The van der Waals surface area contributed by atoms with E-state index in [2.05, 4.69) is 5.32 Å². The highest BCUT2D eigenvalue weighted by Crippen LogP contribution is 2.20. The highest BCUT2D eigenvalue weighted by Gasteiger charge is 2.38. The van der Waals surface area contributed by atoms with Crippen molar-refractivity contribution >= 4 is 17.6 Å². The molecule has 1 unspecified atom stereocenters. The fourth-order valence-corrected chi connectivity index (χ4v) is 1.78. The van der Waals surface area contributed by atoms with Crippen molar-refractivity contribution in [2.75, 3.05) is 18.5 Å². The summed E-state index contributed by atoms with van der Waals surface area (Å²) in [7, 11) is 0. The van der Waals surface area contributed by atoms with E-state index in [9.17, 15) is 14.0 Å². The average Bonchev–Trinajstić information content (AvgIpc) is 2.77. The number of carbonyl (C=O) groups is 2. The number of anilines is 1. The second-order valence-corrected chi connectivity index (χ2v) is 4.41. The molecular weight excluding hydrogens is 255 g/mol. The van der Waals surface area contributed by atoms with Crippen molar-refractivity contribution in [3.63, 3.8) is 0 Å². The maximum absolute atomic E-state index is 13.4. The van der Waals surface area contributed by atoms with Gasteiger partial charge in [-0.2, -0.15) is 0 Å². The second kappa shape index (κ2) is 4.94. The zero-order chi connectivity index (χ0) is 14.0. The molecule has 1 atom stereocenters. The van der Waals surface area contributed by atoms with Crippen LogP contribution in [0.25, 0.3) is 0 Å². The third-order valence-corrected chi connectivity index (χ3v) is 2.96. The Morgan fingerprint density at radius 1 is 1.47 bits per heavy atom. The number of carbonyl (C=O) groups excluding carboxylic acids is 1. The number of rotatable bonds is 3. The minimum atomic E-state index is -1.37. The molecular formula is C12H13FN2O4. The van der Waals surface area contributed by atoms with Crippen LogP contribution in [0, 0.1) is 5.82 Å². The van der Waals surface area contributed by atoms with Gasteiger partial charge in [0.05, 0.1) is 12.2 Å². The fraction of sp³-hybridized carbons (Fsp3) is 0.333. The molecule has 7 heteroatoms. The SMILES string of the molecule is NC1(C(=O)Nc2ccc(C(=O)O)c(F)c2)CCOC1. The van der Waals surface area contributed by atoms with E-state index in [0.717, 1.165) is 12.1 Å². The van der Waals surface area contributed by atoms with Gasteiger partial charge >= 0.3 is 5.97 Å². The predicted octanol–water partition coefficient (Wildman–Crippen LogP) is 0.580. The zero-order valence-corrected chi connectivity index (χ0v) is 9.98. The van der Waals surface area contributed by atoms with Gasteiger partial charge in [0, 0.05) is 12.3 Å². The second-order valence-electron chi connectivity index (χ2n) is 4.41. The maximum atomic E-state index is 13.4. The molecule has 19 heavy (non-hydrogen) atoms. The number of hydrogen-bond acceptors (Lipinski definition) is 4. The summed E-state index contributed by atoms with van der Waals surface area (Å²) in [6.07, 6.45) is 0.383. The molecule has 0 aliphatic carbocycles. The van der Waals surface area contributed by atoms with Gasteiger partial charge in [-0.1, -0.05) is 0 Å². The highest BCUT2D eigenvalue weighted by atomic mass is 19.1. The highest BCUT2D eigenvalue weighted by molar-refractivity contribution is 5.98. The van der Waals surface area contributed by atoms with Gasteiger partial charge < -0.3 is 20.9 Å². The molecule has 1 aliphatic heterocycles. The van der Waals surface area contributed by atoms with Gasteiger partial charge in [-0.15, -0.1) is 0 Å². The molecule has 4 N–H and O–H groups in total. The monoisotopic (exact) mass is 268 g/mol. The lowest BCUT2D eigenvalue weighted by atomic mass is 9.99. The summed E-state index contributed by atoms with van der Waals surface area (Å²) < 4.78 is 18.5. The first-order valence-electron chi connectivity index (χ1n) is 5.63. The van der Waals surface area contributed by atoms with Gasteiger partial charge in [0.25, 0.3) is 0 Å². The van der Waals surface area contributed by atoms with Gasteiger partial charge in [0.15, 0.2) is 0 Å². The van der Waals surface area contributed by atoms with E-state index in [0.29, 0.717) is 13.0 Å². The number of nitrogens with two attached hydrogens (primary N) is 1. The third-order valence-electron chi connectivity index (χ3n) is 2.96. The average molecular weight is 268 g/mol. The quantitative estimate of drug-likeness (QED) is 0.744. The molecule has 102 valence electrons. The summed E-state index contributed by atoms with van der Waals surface area (Å²) >= 11 is 0. The smallest absolute Gasteiger partial charge is 0.338 e. The number of benzene rings is 1. The van der Waals surface area contributed by atoms with Crippen LogP contribution in [0.5, 0.6) is 0 Å². The Morgan fingerprint density at radius 3 is 2.74 bits per heavy atom. The Labute approximate surface area is 108 Å². The van der Waals surface area contributed by atoms with Crippen LogP contribution < -0.4 is 11.1 Å². The summed E-state index contributed by atoms with van der Waals surface area (Å²) in [4.78, 5) is 22.6. The Morgan fingerprint density at radius 2 is 2.21 bits per heavy atom. The first-order valence-corrected chi connectivity index (χ1v) is 5.63. The summed E-state index contributed by atoms with van der Waals surface area (Å²) in [5.41, 5.74) is 4.42. The van der Waals surface area contributed by atoms with Gasteiger partial charge in [0.1, 0.15) is 11.4 Å². The van der Waals surface area contributed by atoms with Crippen LogP contribution in [0.15, 0.2) is 18.2 Å². The number of aromatic carboxylic acids is 1. The van der Waals surface area contributed by atoms with Gasteiger partial charge in [-0.25, -0.2) is 9.18 Å². The van der Waals surface area contributed by atoms with Crippen molar-refractivity contribution in [2.24, 2.45) is 5.73 Å². The van der Waals surface area contributed by atoms with Crippen LogP contribution >= 0.6 is 0 Å². The van der Waals surface area contributed by atoms with E-state index in [1.54, 1.807) is 0 Å². The lowest BCUT2D eigenvalue weighted by Crippen LogP contribution is -2.51. The van der Waals surface area contributed by atoms with E-state index in [1.807, 2.05) is 0 Å². The molecule has 6 nitrogen and oxygen atoms in total. The lowest BCUT2D eigenvalue weighted by molar-refractivity contribution is -0.121. The number of hydrogen-bond donors (Lipinski definition) is 3. The minimum Gasteiger partial charge on any atom is -0.478 e. The van der Waals surface area contributed by atoms with Crippen molar-refractivity contribution < 1.29 is 23.8 Å². The van der Waals surface area contributed by atoms with Crippen LogP contribution in [0.4, 0.5) is 10.1 Å². The van der Waals surface area contributed by atoms with Gasteiger partial charge in [-0.3, -0.25) is 4.79 Å². The molecule has 0 radical (unpaired) electrons. The number of amides is 1. The molecule has 1 aromatic rings. The number of carboxylic acids is 1. The van der Waals surface area contributed by atoms with E-state index in [4.69, 9.17) is 15.6 Å². The molecule has 2 rings (SSSR count). The van der Waals surface area contributed by atoms with E-state index in [-0.39, 0.29) is 12.3 Å². The zero-order valence-electron chi connectivity index (χ0n) is 9.98. The Balaban J connectivity index is 2.13. The van der Waals surface area contributed by atoms with Crippen LogP contribution in [0.1, 0.15) is 16.8 Å².